The van der Waals surface area contributed by atoms with E-state index in [2.05, 4.69) is 30.7 Å². The Kier molecular flexibility index (Phi) is 5.83. The van der Waals surface area contributed by atoms with Crippen LogP contribution in [0.5, 0.6) is 0 Å². The van der Waals surface area contributed by atoms with Gasteiger partial charge in [0, 0.05) is 36.8 Å². The molecule has 0 aliphatic heterocycles. The van der Waals surface area contributed by atoms with E-state index in [1.807, 2.05) is 26.2 Å². The van der Waals surface area contributed by atoms with Crippen molar-refractivity contribution >= 4 is 34.2 Å². The Bertz CT molecular complexity index is 1360. The number of aromatic amines is 1. The number of H-pyrrole nitrogens is 1. The first-order chi connectivity index (χ1) is 16.4. The van der Waals surface area contributed by atoms with Gasteiger partial charge in [0.05, 0.1) is 40.7 Å². The molecule has 0 bridgehead atoms. The number of fused-ring (bicyclic) bond motifs is 1. The Balaban J connectivity index is 1.30. The molecule has 0 saturated heterocycles. The molecule has 9 heteroatoms. The standard InChI is InChI=1S/C25H27N7O2/c1-15-21(10-20(13-26-15)29-23(33)7-16-5-3-4-6-16)31-25(34)18-8-17-9-22(30-24(17)27-11-18)19-12-28-32(2)14-19/h8-14,16H,3-7H2,1-2H3,(H,27,30)(H,29,33)(H,31,34). The number of rotatable bonds is 6. The number of pyridine rings is 2. The molecule has 4 heterocycles. The number of anilines is 2. The van der Waals surface area contributed by atoms with E-state index in [9.17, 15) is 9.59 Å². The third-order valence-corrected chi connectivity index (χ3v) is 6.32. The van der Waals surface area contributed by atoms with Crippen LogP contribution in [0.15, 0.2) is 43.0 Å². The number of carbonyl (C=O) groups excluding carboxylic acids is 2. The van der Waals surface area contributed by atoms with Crippen molar-refractivity contribution in [1.82, 2.24) is 24.7 Å². The van der Waals surface area contributed by atoms with Crippen LogP contribution in [0.4, 0.5) is 11.4 Å². The summed E-state index contributed by atoms with van der Waals surface area (Å²) in [4.78, 5) is 37.4. The van der Waals surface area contributed by atoms with Crippen molar-refractivity contribution in [3.63, 3.8) is 0 Å². The van der Waals surface area contributed by atoms with Crippen LogP contribution in [-0.4, -0.2) is 36.5 Å². The molecule has 1 aliphatic carbocycles. The molecule has 0 radical (unpaired) electrons. The van der Waals surface area contributed by atoms with Crippen molar-refractivity contribution in [2.45, 2.75) is 39.0 Å². The van der Waals surface area contributed by atoms with Crippen LogP contribution in [0.1, 0.15) is 48.2 Å². The van der Waals surface area contributed by atoms with Gasteiger partial charge < -0.3 is 15.6 Å². The van der Waals surface area contributed by atoms with E-state index in [4.69, 9.17) is 0 Å². The second kappa shape index (κ2) is 9.09. The topological polar surface area (TPSA) is 118 Å². The lowest BCUT2D eigenvalue weighted by atomic mass is 10.0. The second-order valence-corrected chi connectivity index (χ2v) is 8.96. The molecule has 4 aromatic rings. The highest BCUT2D eigenvalue weighted by Crippen LogP contribution is 2.28. The number of nitrogens with zero attached hydrogens (tertiary/aromatic N) is 4. The molecule has 0 unspecified atom stereocenters. The smallest absolute Gasteiger partial charge is 0.257 e. The lowest BCUT2D eigenvalue weighted by Gasteiger charge is -2.12. The van der Waals surface area contributed by atoms with Crippen molar-refractivity contribution in [1.29, 1.82) is 0 Å². The SMILES string of the molecule is Cc1ncc(NC(=O)CC2CCCC2)cc1NC(=O)c1cnc2[nH]c(-c3cnn(C)c3)cc2c1. The van der Waals surface area contributed by atoms with E-state index >= 15 is 0 Å². The van der Waals surface area contributed by atoms with Gasteiger partial charge in [-0.05, 0) is 43.9 Å². The number of hydrogen-bond donors (Lipinski definition) is 3. The summed E-state index contributed by atoms with van der Waals surface area (Å²) in [5, 5.41) is 10.8. The van der Waals surface area contributed by atoms with Gasteiger partial charge in [0.1, 0.15) is 5.65 Å². The van der Waals surface area contributed by atoms with Crippen LogP contribution in [0, 0.1) is 12.8 Å². The molecule has 0 aromatic carbocycles. The minimum absolute atomic E-state index is 0.0126. The van der Waals surface area contributed by atoms with Crippen molar-refractivity contribution < 1.29 is 9.59 Å². The molecule has 1 saturated carbocycles. The van der Waals surface area contributed by atoms with E-state index in [0.29, 0.717) is 40.6 Å². The molecule has 0 spiro atoms. The van der Waals surface area contributed by atoms with E-state index in [0.717, 1.165) is 29.5 Å². The summed E-state index contributed by atoms with van der Waals surface area (Å²) in [5.41, 5.74) is 4.74. The van der Waals surface area contributed by atoms with Crippen molar-refractivity contribution in [3.05, 3.63) is 54.2 Å². The van der Waals surface area contributed by atoms with Crippen LogP contribution >= 0.6 is 0 Å². The molecule has 0 atom stereocenters. The van der Waals surface area contributed by atoms with Crippen molar-refractivity contribution in [2.24, 2.45) is 13.0 Å². The fourth-order valence-electron chi connectivity index (χ4n) is 4.47. The summed E-state index contributed by atoms with van der Waals surface area (Å²) in [6, 6.07) is 5.49. The van der Waals surface area contributed by atoms with Crippen LogP contribution < -0.4 is 10.6 Å². The molecule has 174 valence electrons. The largest absolute Gasteiger partial charge is 0.339 e. The number of nitrogens with one attached hydrogen (secondary N) is 3. The molecule has 5 rings (SSSR count). The Morgan fingerprint density at radius 2 is 1.91 bits per heavy atom. The van der Waals surface area contributed by atoms with Gasteiger partial charge in [-0.25, -0.2) is 4.98 Å². The summed E-state index contributed by atoms with van der Waals surface area (Å²) >= 11 is 0. The zero-order valence-corrected chi connectivity index (χ0v) is 19.3. The maximum atomic E-state index is 13.0. The number of carbonyl (C=O) groups is 2. The Morgan fingerprint density at radius 3 is 2.68 bits per heavy atom. The number of aryl methyl sites for hydroxylation is 2. The maximum Gasteiger partial charge on any atom is 0.257 e. The molecule has 9 nitrogen and oxygen atoms in total. The maximum absolute atomic E-state index is 13.0. The van der Waals surface area contributed by atoms with Gasteiger partial charge in [-0.3, -0.25) is 19.3 Å². The molecule has 1 aliphatic rings. The Hall–Kier alpha value is -4.01. The summed E-state index contributed by atoms with van der Waals surface area (Å²) in [7, 11) is 1.86. The average Bonchev–Trinajstić information content (AvgIpc) is 3.56. The third kappa shape index (κ3) is 4.68. The van der Waals surface area contributed by atoms with Crippen LogP contribution in [-0.2, 0) is 11.8 Å². The number of aromatic nitrogens is 5. The van der Waals surface area contributed by atoms with Crippen molar-refractivity contribution in [3.8, 4) is 11.3 Å². The highest BCUT2D eigenvalue weighted by molar-refractivity contribution is 6.06. The van der Waals surface area contributed by atoms with E-state index in [-0.39, 0.29) is 11.8 Å². The number of amides is 2. The molecule has 2 amide bonds. The van der Waals surface area contributed by atoms with Crippen LogP contribution in [0.25, 0.3) is 22.3 Å². The summed E-state index contributed by atoms with van der Waals surface area (Å²) in [5.74, 6) is 0.159. The normalized spacial score (nSPS) is 13.9. The highest BCUT2D eigenvalue weighted by Gasteiger charge is 2.19. The molecular weight excluding hydrogens is 430 g/mol. The van der Waals surface area contributed by atoms with Gasteiger partial charge in [-0.2, -0.15) is 5.10 Å². The molecule has 4 aromatic heterocycles. The summed E-state index contributed by atoms with van der Waals surface area (Å²) in [6.07, 6.45) is 12.0. The monoisotopic (exact) mass is 457 g/mol. The van der Waals surface area contributed by atoms with E-state index in [1.54, 1.807) is 29.2 Å². The summed E-state index contributed by atoms with van der Waals surface area (Å²) in [6.45, 7) is 1.81. The predicted octanol–water partition coefficient (Wildman–Crippen LogP) is 4.44. The van der Waals surface area contributed by atoms with Gasteiger partial charge in [-0.1, -0.05) is 12.8 Å². The average molecular weight is 458 g/mol. The Labute approximate surface area is 197 Å². The van der Waals surface area contributed by atoms with Gasteiger partial charge in [0.2, 0.25) is 5.91 Å². The van der Waals surface area contributed by atoms with Crippen LogP contribution in [0.3, 0.4) is 0 Å². The summed E-state index contributed by atoms with van der Waals surface area (Å²) < 4.78 is 1.73. The molecule has 34 heavy (non-hydrogen) atoms. The molecule has 1 fully saturated rings. The molecular formula is C25H27N7O2. The number of hydrogen-bond acceptors (Lipinski definition) is 5. The van der Waals surface area contributed by atoms with E-state index < -0.39 is 0 Å². The lowest BCUT2D eigenvalue weighted by Crippen LogP contribution is -2.17. The highest BCUT2D eigenvalue weighted by atomic mass is 16.2. The first kappa shape index (κ1) is 21.8. The first-order valence-corrected chi connectivity index (χ1v) is 11.5. The second-order valence-electron chi connectivity index (χ2n) is 8.96. The first-order valence-electron chi connectivity index (χ1n) is 11.5. The van der Waals surface area contributed by atoms with E-state index in [1.165, 1.54) is 19.0 Å². The van der Waals surface area contributed by atoms with Gasteiger partial charge in [-0.15, -0.1) is 0 Å². The van der Waals surface area contributed by atoms with Gasteiger partial charge in [0.15, 0.2) is 0 Å². The Morgan fingerprint density at radius 1 is 1.09 bits per heavy atom. The van der Waals surface area contributed by atoms with Gasteiger partial charge in [0.25, 0.3) is 5.91 Å². The predicted molar refractivity (Wildman–Crippen MR) is 130 cm³/mol. The van der Waals surface area contributed by atoms with Gasteiger partial charge >= 0.3 is 0 Å². The van der Waals surface area contributed by atoms with Crippen LogP contribution in [0.2, 0.25) is 0 Å². The third-order valence-electron chi connectivity index (χ3n) is 6.32. The fourth-order valence-corrected chi connectivity index (χ4v) is 4.47. The minimum Gasteiger partial charge on any atom is -0.339 e. The quantitative estimate of drug-likeness (QED) is 0.396. The zero-order chi connectivity index (χ0) is 23.7. The zero-order valence-electron chi connectivity index (χ0n) is 19.3. The lowest BCUT2D eigenvalue weighted by molar-refractivity contribution is -0.117. The molecule has 3 N–H and O–H groups in total. The van der Waals surface area contributed by atoms with Crippen molar-refractivity contribution in [2.75, 3.05) is 10.6 Å². The fraction of sp³-hybridized carbons (Fsp3) is 0.320. The minimum atomic E-state index is -0.294.